The van der Waals surface area contributed by atoms with Crippen molar-refractivity contribution >= 4 is 0 Å². The van der Waals surface area contributed by atoms with Crippen LogP contribution in [0.4, 0.5) is 39.5 Å². The Morgan fingerprint density at radius 2 is 1.23 bits per heavy atom. The van der Waals surface area contributed by atoms with Crippen molar-refractivity contribution in [3.05, 3.63) is 88.5 Å². The first-order chi connectivity index (χ1) is 16.3. The van der Waals surface area contributed by atoms with Crippen LogP contribution in [0.5, 0.6) is 5.75 Å². The Bertz CT molecular complexity index is 1140. The SMILES string of the molecule is CCCc1ccc(COc2cc(F)c(-c3cc(F)c(C(F)(F)OC(F)(F)F)c(F)c3)c(F)c2)cc1. The highest BCUT2D eigenvalue weighted by molar-refractivity contribution is 5.66. The molecule has 0 fully saturated rings. The van der Waals surface area contributed by atoms with Crippen LogP contribution in [0.3, 0.4) is 0 Å². The van der Waals surface area contributed by atoms with Crippen LogP contribution in [0.2, 0.25) is 0 Å². The fraction of sp³-hybridized carbons (Fsp3) is 0.250. The van der Waals surface area contributed by atoms with Crippen molar-refractivity contribution in [3.8, 4) is 16.9 Å². The van der Waals surface area contributed by atoms with Crippen molar-refractivity contribution in [2.75, 3.05) is 0 Å². The molecule has 0 heterocycles. The van der Waals surface area contributed by atoms with E-state index in [1.54, 1.807) is 12.1 Å². The second-order valence-corrected chi connectivity index (χ2v) is 7.50. The van der Waals surface area contributed by atoms with Gasteiger partial charge in [0.25, 0.3) is 0 Å². The van der Waals surface area contributed by atoms with Crippen molar-refractivity contribution in [1.29, 1.82) is 0 Å². The Balaban J connectivity index is 1.85. The molecule has 0 unspecified atom stereocenters. The first-order valence-corrected chi connectivity index (χ1v) is 10.1. The third-order valence-corrected chi connectivity index (χ3v) is 4.85. The Morgan fingerprint density at radius 3 is 1.71 bits per heavy atom. The Kier molecular flexibility index (Phi) is 7.68. The second kappa shape index (κ2) is 10.2. The molecule has 0 N–H and O–H groups in total. The summed E-state index contributed by atoms with van der Waals surface area (Å²) >= 11 is 0. The molecule has 35 heavy (non-hydrogen) atoms. The van der Waals surface area contributed by atoms with E-state index in [9.17, 15) is 39.5 Å². The molecule has 0 amide bonds. The maximum Gasteiger partial charge on any atom is 0.527 e. The standard InChI is InChI=1S/C24H17F9O2/c1-2-3-13-4-6-14(7-5-13)12-34-16-10-17(25)21(18(26)11-16)15-8-19(27)22(20(28)9-15)23(29,30)35-24(31,32)33/h4-11H,2-3,12H2,1H3. The van der Waals surface area contributed by atoms with Crippen molar-refractivity contribution in [2.45, 2.75) is 38.8 Å². The monoisotopic (exact) mass is 508 g/mol. The summed E-state index contributed by atoms with van der Waals surface area (Å²) in [5.41, 5.74) is -2.41. The van der Waals surface area contributed by atoms with Crippen molar-refractivity contribution < 1.29 is 49.0 Å². The highest BCUT2D eigenvalue weighted by Crippen LogP contribution is 2.41. The zero-order valence-electron chi connectivity index (χ0n) is 18.0. The van der Waals surface area contributed by atoms with Gasteiger partial charge in [-0.3, -0.25) is 0 Å². The van der Waals surface area contributed by atoms with Gasteiger partial charge >= 0.3 is 12.5 Å². The van der Waals surface area contributed by atoms with Gasteiger partial charge in [-0.25, -0.2) is 22.3 Å². The summed E-state index contributed by atoms with van der Waals surface area (Å²) in [7, 11) is 0. The van der Waals surface area contributed by atoms with E-state index in [-0.39, 0.29) is 24.5 Å². The minimum Gasteiger partial charge on any atom is -0.489 e. The average molecular weight is 508 g/mol. The number of hydrogen-bond acceptors (Lipinski definition) is 2. The number of alkyl halides is 5. The lowest BCUT2D eigenvalue weighted by Gasteiger charge is -2.20. The topological polar surface area (TPSA) is 18.5 Å². The van der Waals surface area contributed by atoms with Crippen LogP contribution < -0.4 is 4.74 Å². The number of aryl methyl sites for hydroxylation is 1. The minimum absolute atomic E-state index is 0.0448. The normalized spacial score (nSPS) is 12.2. The lowest BCUT2D eigenvalue weighted by atomic mass is 10.0. The predicted molar refractivity (Wildman–Crippen MR) is 108 cm³/mol. The molecular formula is C24H17F9O2. The summed E-state index contributed by atoms with van der Waals surface area (Å²) in [6.07, 6.45) is -9.49. The van der Waals surface area contributed by atoms with E-state index in [2.05, 4.69) is 4.74 Å². The van der Waals surface area contributed by atoms with Gasteiger partial charge in [-0.2, -0.15) is 8.78 Å². The third kappa shape index (κ3) is 6.47. The van der Waals surface area contributed by atoms with Gasteiger partial charge in [0.15, 0.2) is 0 Å². The fourth-order valence-corrected chi connectivity index (χ4v) is 3.36. The molecule has 0 spiro atoms. The van der Waals surface area contributed by atoms with E-state index < -0.39 is 52.4 Å². The Morgan fingerprint density at radius 1 is 0.714 bits per heavy atom. The molecule has 0 aliphatic heterocycles. The molecule has 0 saturated carbocycles. The van der Waals surface area contributed by atoms with E-state index in [0.717, 1.165) is 30.5 Å². The van der Waals surface area contributed by atoms with Crippen LogP contribution in [0.15, 0.2) is 48.5 Å². The Hall–Kier alpha value is -3.21. The van der Waals surface area contributed by atoms with Crippen LogP contribution in [0, 0.1) is 23.3 Å². The van der Waals surface area contributed by atoms with Gasteiger partial charge in [0.2, 0.25) is 0 Å². The highest BCUT2D eigenvalue weighted by Gasteiger charge is 2.49. The molecule has 0 aliphatic rings. The molecule has 0 saturated heterocycles. The van der Waals surface area contributed by atoms with Crippen molar-refractivity contribution in [3.63, 3.8) is 0 Å². The molecule has 0 radical (unpaired) electrons. The molecule has 0 aromatic heterocycles. The van der Waals surface area contributed by atoms with Crippen molar-refractivity contribution in [2.24, 2.45) is 0 Å². The number of hydrogen-bond donors (Lipinski definition) is 0. The molecule has 0 aliphatic carbocycles. The van der Waals surface area contributed by atoms with Crippen LogP contribution in [-0.4, -0.2) is 6.36 Å². The lowest BCUT2D eigenvalue weighted by Crippen LogP contribution is -2.29. The summed E-state index contributed by atoms with van der Waals surface area (Å²) < 4.78 is 129. The fourth-order valence-electron chi connectivity index (χ4n) is 3.36. The lowest BCUT2D eigenvalue weighted by molar-refractivity contribution is -0.432. The third-order valence-electron chi connectivity index (χ3n) is 4.85. The quantitative estimate of drug-likeness (QED) is 0.287. The van der Waals surface area contributed by atoms with E-state index in [1.165, 1.54) is 0 Å². The van der Waals surface area contributed by atoms with Gasteiger partial charge in [0.1, 0.15) is 41.2 Å². The van der Waals surface area contributed by atoms with E-state index in [1.807, 2.05) is 19.1 Å². The summed E-state index contributed by atoms with van der Waals surface area (Å²) in [6, 6.07) is 8.89. The van der Waals surface area contributed by atoms with Gasteiger partial charge < -0.3 is 4.74 Å². The summed E-state index contributed by atoms with van der Waals surface area (Å²) in [6.45, 7) is 1.98. The van der Waals surface area contributed by atoms with Gasteiger partial charge in [-0.05, 0) is 35.2 Å². The first kappa shape index (κ1) is 26.4. The molecule has 0 bridgehead atoms. The zero-order chi connectivity index (χ0) is 26.0. The van der Waals surface area contributed by atoms with Gasteiger partial charge in [-0.15, -0.1) is 13.2 Å². The molecule has 3 aromatic carbocycles. The van der Waals surface area contributed by atoms with Crippen LogP contribution in [-0.2, 0) is 23.9 Å². The largest absolute Gasteiger partial charge is 0.527 e. The van der Waals surface area contributed by atoms with Gasteiger partial charge in [-0.1, -0.05) is 37.6 Å². The van der Waals surface area contributed by atoms with Crippen LogP contribution in [0.1, 0.15) is 30.0 Å². The molecule has 188 valence electrons. The molecule has 3 rings (SSSR count). The van der Waals surface area contributed by atoms with Gasteiger partial charge in [0.05, 0.1) is 5.56 Å². The summed E-state index contributed by atoms with van der Waals surface area (Å²) in [5.74, 6) is -7.34. The molecule has 11 heteroatoms. The van der Waals surface area contributed by atoms with E-state index in [0.29, 0.717) is 5.56 Å². The first-order valence-electron chi connectivity index (χ1n) is 10.1. The molecule has 0 atom stereocenters. The van der Waals surface area contributed by atoms with E-state index >= 15 is 0 Å². The van der Waals surface area contributed by atoms with Crippen molar-refractivity contribution in [1.82, 2.24) is 0 Å². The summed E-state index contributed by atoms with van der Waals surface area (Å²) in [5, 5.41) is 0. The van der Waals surface area contributed by atoms with Crippen LogP contribution in [0.25, 0.3) is 11.1 Å². The molecule has 2 nitrogen and oxygen atoms in total. The molecular weight excluding hydrogens is 491 g/mol. The smallest absolute Gasteiger partial charge is 0.489 e. The minimum atomic E-state index is -5.91. The highest BCUT2D eigenvalue weighted by atomic mass is 19.4. The number of ether oxygens (including phenoxy) is 2. The predicted octanol–water partition coefficient (Wildman–Crippen LogP) is 8.03. The molecule has 3 aromatic rings. The second-order valence-electron chi connectivity index (χ2n) is 7.50. The number of rotatable bonds is 8. The average Bonchev–Trinajstić information content (AvgIpc) is 2.70. The number of benzene rings is 3. The van der Waals surface area contributed by atoms with E-state index in [4.69, 9.17) is 4.74 Å². The van der Waals surface area contributed by atoms with Gasteiger partial charge in [0, 0.05) is 12.1 Å². The zero-order valence-corrected chi connectivity index (χ0v) is 18.0. The maximum absolute atomic E-state index is 14.6. The maximum atomic E-state index is 14.6. The van der Waals surface area contributed by atoms with Crippen LogP contribution >= 0.6 is 0 Å². The Labute approximate surface area is 193 Å². The number of halogens is 9. The summed E-state index contributed by atoms with van der Waals surface area (Å²) in [4.78, 5) is 0.